The number of hydrogen-bond acceptors (Lipinski definition) is 3. The summed E-state index contributed by atoms with van der Waals surface area (Å²) in [5.41, 5.74) is 7.02. The molecular weight excluding hydrogens is 364 g/mol. The van der Waals surface area contributed by atoms with E-state index in [4.69, 9.17) is 0 Å². The van der Waals surface area contributed by atoms with E-state index in [9.17, 15) is 4.79 Å². The molecule has 0 aliphatic carbocycles. The van der Waals surface area contributed by atoms with Gasteiger partial charge in [0.2, 0.25) is 0 Å². The highest BCUT2D eigenvalue weighted by atomic mass is 32.1. The molecule has 28 heavy (non-hydrogen) atoms. The summed E-state index contributed by atoms with van der Waals surface area (Å²) < 4.78 is 0. The zero-order chi connectivity index (χ0) is 19.5. The molecule has 2 aromatic carbocycles. The smallest absolute Gasteiger partial charge is 0.251 e. The average Bonchev–Trinajstić information content (AvgIpc) is 3.24. The molecule has 1 aromatic heterocycles. The maximum atomic E-state index is 12.8. The zero-order valence-electron chi connectivity index (χ0n) is 16.4. The van der Waals surface area contributed by atoms with Crippen molar-refractivity contribution in [3.63, 3.8) is 0 Å². The van der Waals surface area contributed by atoms with Gasteiger partial charge in [0, 0.05) is 25.2 Å². The van der Waals surface area contributed by atoms with Crippen molar-refractivity contribution in [2.45, 2.75) is 32.9 Å². The van der Waals surface area contributed by atoms with Crippen molar-refractivity contribution in [2.75, 3.05) is 13.1 Å². The van der Waals surface area contributed by atoms with Crippen molar-refractivity contribution in [1.82, 2.24) is 10.2 Å². The average molecular weight is 391 g/mol. The minimum atomic E-state index is 0.0128. The molecule has 1 N–H and O–H groups in total. The lowest BCUT2D eigenvalue weighted by Gasteiger charge is -2.35. The van der Waals surface area contributed by atoms with Crippen molar-refractivity contribution in [2.24, 2.45) is 0 Å². The first-order valence-corrected chi connectivity index (χ1v) is 10.7. The van der Waals surface area contributed by atoms with Gasteiger partial charge in [0.05, 0.1) is 6.04 Å². The molecule has 1 aliphatic rings. The van der Waals surface area contributed by atoms with Crippen LogP contribution in [0.5, 0.6) is 0 Å². The topological polar surface area (TPSA) is 32.3 Å². The van der Waals surface area contributed by atoms with Gasteiger partial charge in [-0.25, -0.2) is 0 Å². The fraction of sp³-hybridized carbons (Fsp3) is 0.292. The highest BCUT2D eigenvalue weighted by Crippen LogP contribution is 2.29. The van der Waals surface area contributed by atoms with Gasteiger partial charge in [-0.1, -0.05) is 42.0 Å². The molecule has 0 saturated carbocycles. The third-order valence-electron chi connectivity index (χ3n) is 5.62. The Morgan fingerprint density at radius 2 is 1.96 bits per heavy atom. The molecule has 1 atom stereocenters. The second kappa shape index (κ2) is 8.29. The summed E-state index contributed by atoms with van der Waals surface area (Å²) >= 11 is 1.71. The molecule has 0 bridgehead atoms. The third-order valence-corrected chi connectivity index (χ3v) is 6.32. The van der Waals surface area contributed by atoms with Crippen LogP contribution >= 0.6 is 11.3 Å². The van der Waals surface area contributed by atoms with Crippen molar-refractivity contribution in [3.05, 3.63) is 92.7 Å². The number of carbonyl (C=O) groups excluding carboxylic acids is 1. The highest BCUT2D eigenvalue weighted by molar-refractivity contribution is 7.07. The molecule has 0 radical (unpaired) electrons. The monoisotopic (exact) mass is 390 g/mol. The van der Waals surface area contributed by atoms with Crippen molar-refractivity contribution in [3.8, 4) is 0 Å². The van der Waals surface area contributed by atoms with E-state index in [1.165, 1.54) is 16.7 Å². The maximum Gasteiger partial charge on any atom is 0.251 e. The standard InChI is InChI=1S/C24H26N2OS/c1-17-7-8-18(2)22(13-17)24(27)25-14-23(21-10-12-28-16-21)26-11-9-19-5-3-4-6-20(19)15-26/h3-8,10,12-13,16,23H,9,11,14-15H2,1-2H3,(H,25,27). The SMILES string of the molecule is Cc1ccc(C)c(C(=O)NCC(c2ccsc2)N2CCc3ccccc3C2)c1. The Kier molecular flexibility index (Phi) is 5.60. The number of amides is 1. The Morgan fingerprint density at radius 1 is 1.14 bits per heavy atom. The normalized spacial score (nSPS) is 15.1. The van der Waals surface area contributed by atoms with Gasteiger partial charge in [-0.05, 0) is 65.4 Å². The maximum absolute atomic E-state index is 12.8. The molecule has 4 heteroatoms. The number of aryl methyl sites for hydroxylation is 2. The van der Waals surface area contributed by atoms with E-state index in [1.807, 2.05) is 32.0 Å². The molecule has 1 unspecified atom stereocenters. The Hall–Kier alpha value is -2.43. The van der Waals surface area contributed by atoms with E-state index in [0.717, 1.165) is 36.2 Å². The Bertz CT molecular complexity index is 964. The predicted molar refractivity (Wildman–Crippen MR) is 116 cm³/mol. The lowest BCUT2D eigenvalue weighted by atomic mass is 9.97. The molecule has 2 heterocycles. The number of nitrogens with zero attached hydrogens (tertiary/aromatic N) is 1. The van der Waals surface area contributed by atoms with Crippen LogP contribution in [0.4, 0.5) is 0 Å². The summed E-state index contributed by atoms with van der Waals surface area (Å²) in [7, 11) is 0. The molecule has 1 aliphatic heterocycles. The van der Waals surface area contributed by atoms with E-state index in [1.54, 1.807) is 11.3 Å². The number of thiophene rings is 1. The number of fused-ring (bicyclic) bond motifs is 1. The molecule has 0 saturated heterocycles. The molecule has 0 spiro atoms. The molecule has 4 rings (SSSR count). The van der Waals surface area contributed by atoms with Crippen LogP contribution in [0.25, 0.3) is 0 Å². The Balaban J connectivity index is 1.52. The van der Waals surface area contributed by atoms with Crippen LogP contribution in [0, 0.1) is 13.8 Å². The van der Waals surface area contributed by atoms with Gasteiger partial charge in [-0.2, -0.15) is 11.3 Å². The van der Waals surface area contributed by atoms with Crippen LogP contribution in [0.15, 0.2) is 59.3 Å². The summed E-state index contributed by atoms with van der Waals surface area (Å²) in [6, 6.07) is 17.1. The summed E-state index contributed by atoms with van der Waals surface area (Å²) in [5, 5.41) is 7.52. The van der Waals surface area contributed by atoms with Gasteiger partial charge < -0.3 is 5.32 Å². The highest BCUT2D eigenvalue weighted by Gasteiger charge is 2.25. The first-order valence-electron chi connectivity index (χ1n) is 9.80. The van der Waals surface area contributed by atoms with Crippen molar-refractivity contribution in [1.29, 1.82) is 0 Å². The number of nitrogens with one attached hydrogen (secondary N) is 1. The molecule has 3 aromatic rings. The first kappa shape index (κ1) is 18.9. The van der Waals surface area contributed by atoms with Gasteiger partial charge in [0.25, 0.3) is 5.91 Å². The van der Waals surface area contributed by atoms with E-state index in [-0.39, 0.29) is 11.9 Å². The summed E-state index contributed by atoms with van der Waals surface area (Å²) in [4.78, 5) is 15.3. The van der Waals surface area contributed by atoms with Crippen LogP contribution in [-0.4, -0.2) is 23.9 Å². The number of hydrogen-bond donors (Lipinski definition) is 1. The molecule has 144 valence electrons. The number of rotatable bonds is 5. The van der Waals surface area contributed by atoms with E-state index in [0.29, 0.717) is 6.54 Å². The number of carbonyl (C=O) groups is 1. The van der Waals surface area contributed by atoms with Crippen LogP contribution < -0.4 is 5.32 Å². The van der Waals surface area contributed by atoms with Gasteiger partial charge >= 0.3 is 0 Å². The fourth-order valence-electron chi connectivity index (χ4n) is 3.97. The lowest BCUT2D eigenvalue weighted by Crippen LogP contribution is -2.40. The van der Waals surface area contributed by atoms with E-state index < -0.39 is 0 Å². The fourth-order valence-corrected chi connectivity index (χ4v) is 4.68. The number of benzene rings is 2. The first-order chi connectivity index (χ1) is 13.6. The zero-order valence-corrected chi connectivity index (χ0v) is 17.3. The van der Waals surface area contributed by atoms with Gasteiger partial charge in [0.15, 0.2) is 0 Å². The second-order valence-corrected chi connectivity index (χ2v) is 8.37. The van der Waals surface area contributed by atoms with Crippen LogP contribution in [0.3, 0.4) is 0 Å². The lowest BCUT2D eigenvalue weighted by molar-refractivity contribution is 0.0927. The van der Waals surface area contributed by atoms with Gasteiger partial charge in [-0.15, -0.1) is 0 Å². The third kappa shape index (κ3) is 4.03. The summed E-state index contributed by atoms with van der Waals surface area (Å²) in [6.45, 7) is 6.57. The predicted octanol–water partition coefficient (Wildman–Crippen LogP) is 4.89. The van der Waals surface area contributed by atoms with Crippen molar-refractivity contribution >= 4 is 17.2 Å². The summed E-state index contributed by atoms with van der Waals surface area (Å²) in [6.07, 6.45) is 1.06. The molecule has 3 nitrogen and oxygen atoms in total. The quantitative estimate of drug-likeness (QED) is 0.672. The molecule has 1 amide bonds. The van der Waals surface area contributed by atoms with Gasteiger partial charge in [-0.3, -0.25) is 9.69 Å². The Labute approximate surface area is 171 Å². The second-order valence-electron chi connectivity index (χ2n) is 7.59. The minimum absolute atomic E-state index is 0.0128. The molecular formula is C24H26N2OS. The largest absolute Gasteiger partial charge is 0.350 e. The van der Waals surface area contributed by atoms with E-state index in [2.05, 4.69) is 51.3 Å². The van der Waals surface area contributed by atoms with E-state index >= 15 is 0 Å². The van der Waals surface area contributed by atoms with Crippen molar-refractivity contribution < 1.29 is 4.79 Å². The van der Waals surface area contributed by atoms with Crippen LogP contribution in [-0.2, 0) is 13.0 Å². The summed E-state index contributed by atoms with van der Waals surface area (Å²) in [5.74, 6) is 0.0128. The van der Waals surface area contributed by atoms with Crippen LogP contribution in [0.2, 0.25) is 0 Å². The Morgan fingerprint density at radius 3 is 2.75 bits per heavy atom. The van der Waals surface area contributed by atoms with Crippen LogP contribution in [0.1, 0.15) is 44.2 Å². The molecule has 0 fully saturated rings. The minimum Gasteiger partial charge on any atom is -0.350 e. The van der Waals surface area contributed by atoms with Gasteiger partial charge in [0.1, 0.15) is 0 Å².